The molecule has 3 nitrogen and oxygen atoms in total. The molecule has 0 saturated heterocycles. The van der Waals surface area contributed by atoms with Gasteiger partial charge in [0.25, 0.3) is 0 Å². The van der Waals surface area contributed by atoms with Crippen molar-refractivity contribution in [2.24, 2.45) is 0 Å². The van der Waals surface area contributed by atoms with Crippen molar-refractivity contribution in [2.45, 2.75) is 33.1 Å². The van der Waals surface area contributed by atoms with Gasteiger partial charge >= 0.3 is 0 Å². The highest BCUT2D eigenvalue weighted by Gasteiger charge is 2.23. The van der Waals surface area contributed by atoms with Crippen LogP contribution in [0.1, 0.15) is 32.2 Å². The molecular formula is C14H15BrClN3. The smallest absolute Gasteiger partial charge is 0.179 e. The van der Waals surface area contributed by atoms with Gasteiger partial charge < -0.3 is 0 Å². The molecule has 2 heterocycles. The van der Waals surface area contributed by atoms with Crippen LogP contribution in [0.25, 0.3) is 11.5 Å². The monoisotopic (exact) mass is 339 g/mol. The van der Waals surface area contributed by atoms with E-state index in [-0.39, 0.29) is 5.41 Å². The molecule has 0 aliphatic rings. The largest absolute Gasteiger partial charge is 0.250 e. The summed E-state index contributed by atoms with van der Waals surface area (Å²) in [6.07, 6.45) is 0. The van der Waals surface area contributed by atoms with Crippen LogP contribution >= 0.6 is 27.5 Å². The first-order chi connectivity index (χ1) is 8.79. The molecule has 2 aromatic heterocycles. The topological polar surface area (TPSA) is 38.7 Å². The molecule has 0 bridgehead atoms. The van der Waals surface area contributed by atoms with Gasteiger partial charge in [-0.2, -0.15) is 0 Å². The van der Waals surface area contributed by atoms with Gasteiger partial charge in [0.05, 0.1) is 10.2 Å². The SMILES string of the molecule is Cc1cccc(-c2nc(Cl)c(Br)c(C(C)(C)C)n2)n1. The van der Waals surface area contributed by atoms with Crippen LogP contribution < -0.4 is 0 Å². The molecule has 0 aromatic carbocycles. The fourth-order valence-corrected chi connectivity index (χ4v) is 2.64. The highest BCUT2D eigenvalue weighted by molar-refractivity contribution is 9.10. The van der Waals surface area contributed by atoms with Gasteiger partial charge in [-0.05, 0) is 35.0 Å². The van der Waals surface area contributed by atoms with Crippen LogP contribution in [0.15, 0.2) is 22.7 Å². The fraction of sp³-hybridized carbons (Fsp3) is 0.357. The summed E-state index contributed by atoms with van der Waals surface area (Å²) in [7, 11) is 0. The van der Waals surface area contributed by atoms with Crippen molar-refractivity contribution in [2.75, 3.05) is 0 Å². The van der Waals surface area contributed by atoms with E-state index in [2.05, 4.69) is 51.7 Å². The average molecular weight is 341 g/mol. The van der Waals surface area contributed by atoms with Gasteiger partial charge in [0.1, 0.15) is 10.8 Å². The zero-order chi connectivity index (χ0) is 14.2. The van der Waals surface area contributed by atoms with E-state index in [1.54, 1.807) is 0 Å². The van der Waals surface area contributed by atoms with Crippen molar-refractivity contribution in [1.82, 2.24) is 15.0 Å². The Morgan fingerprint density at radius 3 is 2.37 bits per heavy atom. The Hall–Kier alpha value is -1.000. The number of nitrogens with zero attached hydrogens (tertiary/aromatic N) is 3. The van der Waals surface area contributed by atoms with Gasteiger partial charge in [-0.25, -0.2) is 15.0 Å². The van der Waals surface area contributed by atoms with Gasteiger partial charge in [0.2, 0.25) is 0 Å². The zero-order valence-corrected chi connectivity index (χ0v) is 13.7. The predicted octanol–water partition coefficient (Wildman–Crippen LogP) is 4.56. The molecule has 0 spiro atoms. The summed E-state index contributed by atoms with van der Waals surface area (Å²) in [4.78, 5) is 13.4. The van der Waals surface area contributed by atoms with Crippen LogP contribution in [0.2, 0.25) is 5.15 Å². The number of halogens is 2. The van der Waals surface area contributed by atoms with E-state index in [1.165, 1.54) is 0 Å². The minimum Gasteiger partial charge on any atom is -0.250 e. The average Bonchev–Trinajstić information content (AvgIpc) is 2.31. The lowest BCUT2D eigenvalue weighted by atomic mass is 9.92. The summed E-state index contributed by atoms with van der Waals surface area (Å²) in [6.45, 7) is 8.20. The Kier molecular flexibility index (Phi) is 3.92. The molecule has 2 rings (SSSR count). The molecule has 0 saturated carbocycles. The molecule has 0 N–H and O–H groups in total. The van der Waals surface area contributed by atoms with Crippen molar-refractivity contribution in [3.05, 3.63) is 39.2 Å². The second kappa shape index (κ2) is 5.17. The van der Waals surface area contributed by atoms with Crippen molar-refractivity contribution in [3.8, 4) is 11.5 Å². The summed E-state index contributed by atoms with van der Waals surface area (Å²) in [5, 5.41) is 0.415. The van der Waals surface area contributed by atoms with Crippen molar-refractivity contribution in [1.29, 1.82) is 0 Å². The molecule has 0 fully saturated rings. The number of aromatic nitrogens is 3. The molecule has 0 radical (unpaired) electrons. The molecule has 0 aliphatic carbocycles. The van der Waals surface area contributed by atoms with E-state index in [4.69, 9.17) is 11.6 Å². The molecule has 0 unspecified atom stereocenters. The van der Waals surface area contributed by atoms with Crippen molar-refractivity contribution in [3.63, 3.8) is 0 Å². The lowest BCUT2D eigenvalue weighted by Crippen LogP contribution is -2.16. The Labute approximate surface area is 126 Å². The first-order valence-electron chi connectivity index (χ1n) is 5.96. The maximum absolute atomic E-state index is 6.19. The number of pyridine rings is 1. The van der Waals surface area contributed by atoms with Crippen molar-refractivity contribution >= 4 is 27.5 Å². The Bertz CT molecular complexity index is 621. The highest BCUT2D eigenvalue weighted by atomic mass is 79.9. The number of rotatable bonds is 1. The first-order valence-corrected chi connectivity index (χ1v) is 7.13. The second-order valence-corrected chi connectivity index (χ2v) is 6.57. The zero-order valence-electron chi connectivity index (χ0n) is 11.3. The van der Waals surface area contributed by atoms with Crippen LogP contribution in [-0.4, -0.2) is 15.0 Å². The highest BCUT2D eigenvalue weighted by Crippen LogP contribution is 2.33. The van der Waals surface area contributed by atoms with Gasteiger partial charge in [0, 0.05) is 11.1 Å². The van der Waals surface area contributed by atoms with Crippen LogP contribution in [0.3, 0.4) is 0 Å². The third kappa shape index (κ3) is 3.12. The van der Waals surface area contributed by atoms with E-state index in [1.807, 2.05) is 25.1 Å². The third-order valence-electron chi connectivity index (χ3n) is 2.64. The Morgan fingerprint density at radius 1 is 1.11 bits per heavy atom. The standard InChI is InChI=1S/C14H15BrClN3/c1-8-6-5-7-9(17-8)13-18-11(14(2,3)4)10(15)12(16)19-13/h5-7H,1-4H3. The fourth-order valence-electron chi connectivity index (χ4n) is 1.70. The molecule has 0 amide bonds. The molecule has 19 heavy (non-hydrogen) atoms. The van der Waals surface area contributed by atoms with Gasteiger partial charge in [-0.3, -0.25) is 0 Å². The number of aryl methyl sites for hydroxylation is 1. The van der Waals surface area contributed by atoms with E-state index < -0.39 is 0 Å². The number of hydrogen-bond donors (Lipinski definition) is 0. The maximum Gasteiger partial charge on any atom is 0.179 e. The quantitative estimate of drug-likeness (QED) is 0.714. The summed E-state index contributed by atoms with van der Waals surface area (Å²) in [6, 6.07) is 5.77. The molecule has 0 atom stereocenters. The predicted molar refractivity (Wildman–Crippen MR) is 81.4 cm³/mol. The summed E-state index contributed by atoms with van der Waals surface area (Å²) >= 11 is 9.65. The van der Waals surface area contributed by atoms with Crippen LogP contribution in [0, 0.1) is 6.92 Å². The van der Waals surface area contributed by atoms with Gasteiger partial charge in [0.15, 0.2) is 5.82 Å². The minimum absolute atomic E-state index is 0.121. The summed E-state index contributed by atoms with van der Waals surface area (Å²) in [5.74, 6) is 0.557. The van der Waals surface area contributed by atoms with Crippen LogP contribution in [-0.2, 0) is 5.41 Å². The minimum atomic E-state index is -0.121. The molecule has 2 aromatic rings. The van der Waals surface area contributed by atoms with E-state index in [0.717, 1.165) is 21.6 Å². The maximum atomic E-state index is 6.19. The summed E-state index contributed by atoms with van der Waals surface area (Å²) in [5.41, 5.74) is 2.42. The van der Waals surface area contributed by atoms with E-state index in [9.17, 15) is 0 Å². The normalized spacial score (nSPS) is 11.7. The lowest BCUT2D eigenvalue weighted by molar-refractivity contribution is 0.564. The van der Waals surface area contributed by atoms with Gasteiger partial charge in [-0.15, -0.1) is 0 Å². The molecular weight excluding hydrogens is 326 g/mol. The van der Waals surface area contributed by atoms with E-state index in [0.29, 0.717) is 11.0 Å². The Morgan fingerprint density at radius 2 is 1.79 bits per heavy atom. The van der Waals surface area contributed by atoms with Crippen LogP contribution in [0.4, 0.5) is 0 Å². The Balaban J connectivity index is 2.63. The van der Waals surface area contributed by atoms with Gasteiger partial charge in [-0.1, -0.05) is 38.4 Å². The molecule has 100 valence electrons. The summed E-state index contributed by atoms with van der Waals surface area (Å²) < 4.78 is 0.748. The van der Waals surface area contributed by atoms with Crippen molar-refractivity contribution < 1.29 is 0 Å². The third-order valence-corrected chi connectivity index (χ3v) is 3.89. The first kappa shape index (κ1) is 14.4. The second-order valence-electron chi connectivity index (χ2n) is 5.41. The lowest BCUT2D eigenvalue weighted by Gasteiger charge is -2.20. The van der Waals surface area contributed by atoms with E-state index >= 15 is 0 Å². The molecule has 5 heteroatoms. The number of hydrogen-bond acceptors (Lipinski definition) is 3. The molecule has 0 aliphatic heterocycles. The van der Waals surface area contributed by atoms with Crippen LogP contribution in [0.5, 0.6) is 0 Å².